The number of hydrogen-bond donors (Lipinski definition) is 2. The Morgan fingerprint density at radius 2 is 2.14 bits per heavy atom. The molecule has 22 heavy (non-hydrogen) atoms. The SMILES string of the molecule is N#CC1CN(S(=O)(=O)NC(C(=O)O)c2ccccc2)CCO1. The Hall–Kier alpha value is -1.99. The van der Waals surface area contributed by atoms with Crippen molar-refractivity contribution in [1.82, 2.24) is 9.03 Å². The number of hydrogen-bond acceptors (Lipinski definition) is 5. The van der Waals surface area contributed by atoms with Gasteiger partial charge in [-0.3, -0.25) is 4.79 Å². The molecule has 2 N–H and O–H groups in total. The second-order valence-corrected chi connectivity index (χ2v) is 6.35. The van der Waals surface area contributed by atoms with Crippen LogP contribution in [0, 0.1) is 11.3 Å². The molecule has 1 saturated heterocycles. The maximum atomic E-state index is 12.3. The molecular formula is C13H15N3O5S. The van der Waals surface area contributed by atoms with Gasteiger partial charge in [-0.1, -0.05) is 30.3 Å². The van der Waals surface area contributed by atoms with Gasteiger partial charge in [0, 0.05) is 6.54 Å². The first-order chi connectivity index (χ1) is 10.4. The van der Waals surface area contributed by atoms with E-state index in [9.17, 15) is 18.3 Å². The number of benzene rings is 1. The molecule has 9 heteroatoms. The fourth-order valence-electron chi connectivity index (χ4n) is 2.05. The van der Waals surface area contributed by atoms with Gasteiger partial charge in [-0.05, 0) is 5.56 Å². The molecule has 2 rings (SSSR count). The Morgan fingerprint density at radius 1 is 1.45 bits per heavy atom. The second kappa shape index (κ2) is 6.85. The van der Waals surface area contributed by atoms with Crippen molar-refractivity contribution < 1.29 is 23.1 Å². The predicted octanol–water partition coefficient (Wildman–Crippen LogP) is -0.129. The van der Waals surface area contributed by atoms with Crippen LogP contribution < -0.4 is 4.72 Å². The largest absolute Gasteiger partial charge is 0.480 e. The van der Waals surface area contributed by atoms with Crippen molar-refractivity contribution in [2.45, 2.75) is 12.1 Å². The molecule has 0 amide bonds. The molecule has 0 radical (unpaired) electrons. The van der Waals surface area contributed by atoms with Gasteiger partial charge >= 0.3 is 5.97 Å². The predicted molar refractivity (Wildman–Crippen MR) is 75.8 cm³/mol. The Kier molecular flexibility index (Phi) is 5.10. The summed E-state index contributed by atoms with van der Waals surface area (Å²) in [5.74, 6) is -1.31. The van der Waals surface area contributed by atoms with E-state index in [4.69, 9.17) is 10.00 Å². The van der Waals surface area contributed by atoms with E-state index in [1.807, 2.05) is 6.07 Å². The maximum Gasteiger partial charge on any atom is 0.326 e. The van der Waals surface area contributed by atoms with Crippen LogP contribution in [-0.4, -0.2) is 49.6 Å². The number of ether oxygens (including phenoxy) is 1. The van der Waals surface area contributed by atoms with Crippen molar-refractivity contribution in [3.8, 4) is 6.07 Å². The van der Waals surface area contributed by atoms with Crippen molar-refractivity contribution >= 4 is 16.2 Å². The van der Waals surface area contributed by atoms with Gasteiger partial charge in [-0.25, -0.2) is 0 Å². The number of rotatable bonds is 5. The minimum atomic E-state index is -4.05. The molecule has 0 bridgehead atoms. The van der Waals surface area contributed by atoms with Gasteiger partial charge in [0.2, 0.25) is 0 Å². The van der Waals surface area contributed by atoms with E-state index in [2.05, 4.69) is 4.72 Å². The normalized spacial score (nSPS) is 21.0. The molecule has 2 unspecified atom stereocenters. The minimum absolute atomic E-state index is 0.0641. The fourth-order valence-corrected chi connectivity index (χ4v) is 3.38. The first-order valence-corrected chi connectivity index (χ1v) is 7.94. The number of nitrogens with one attached hydrogen (secondary N) is 1. The van der Waals surface area contributed by atoms with Crippen molar-refractivity contribution in [3.05, 3.63) is 35.9 Å². The van der Waals surface area contributed by atoms with E-state index in [-0.39, 0.29) is 19.7 Å². The zero-order valence-corrected chi connectivity index (χ0v) is 12.4. The van der Waals surface area contributed by atoms with Gasteiger partial charge in [0.15, 0.2) is 6.10 Å². The third kappa shape index (κ3) is 3.80. The van der Waals surface area contributed by atoms with Crippen LogP contribution in [0.3, 0.4) is 0 Å². The Balaban J connectivity index is 2.19. The molecule has 2 atom stereocenters. The molecule has 1 aromatic carbocycles. The van der Waals surface area contributed by atoms with Crippen LogP contribution in [-0.2, 0) is 19.7 Å². The van der Waals surface area contributed by atoms with Gasteiger partial charge < -0.3 is 9.84 Å². The molecule has 118 valence electrons. The van der Waals surface area contributed by atoms with Gasteiger partial charge in [0.25, 0.3) is 10.2 Å². The lowest BCUT2D eigenvalue weighted by molar-refractivity contribution is -0.139. The highest BCUT2D eigenvalue weighted by Gasteiger charge is 2.33. The summed E-state index contributed by atoms with van der Waals surface area (Å²) in [6.07, 6.45) is -0.856. The smallest absolute Gasteiger partial charge is 0.326 e. The summed E-state index contributed by atoms with van der Waals surface area (Å²) in [6, 6.07) is 8.46. The number of carboxylic acid groups (broad SMARTS) is 1. The number of carboxylic acids is 1. The number of aliphatic carboxylic acids is 1. The first kappa shape index (κ1) is 16.4. The third-order valence-corrected chi connectivity index (χ3v) is 4.70. The van der Waals surface area contributed by atoms with E-state index >= 15 is 0 Å². The lowest BCUT2D eigenvalue weighted by Gasteiger charge is -2.30. The van der Waals surface area contributed by atoms with Crippen LogP contribution in [0.5, 0.6) is 0 Å². The second-order valence-electron chi connectivity index (χ2n) is 4.65. The van der Waals surface area contributed by atoms with E-state index in [1.54, 1.807) is 18.2 Å². The standard InChI is InChI=1S/C13H15N3O5S/c14-8-11-9-16(6-7-21-11)22(19,20)15-12(13(17)18)10-4-2-1-3-5-10/h1-5,11-12,15H,6-7,9H2,(H,17,18). The highest BCUT2D eigenvalue weighted by molar-refractivity contribution is 7.87. The molecular weight excluding hydrogens is 310 g/mol. The summed E-state index contributed by atoms with van der Waals surface area (Å²) >= 11 is 0. The Bertz CT molecular complexity index is 671. The zero-order valence-electron chi connectivity index (χ0n) is 11.5. The van der Waals surface area contributed by atoms with Crippen LogP contribution in [0.1, 0.15) is 11.6 Å². The molecule has 1 aromatic rings. The average Bonchev–Trinajstić information content (AvgIpc) is 2.53. The number of morpholine rings is 1. The highest BCUT2D eigenvalue weighted by atomic mass is 32.2. The quantitative estimate of drug-likeness (QED) is 0.778. The Labute approximate surface area is 128 Å². The number of nitrogens with zero attached hydrogens (tertiary/aromatic N) is 2. The van der Waals surface area contributed by atoms with Crippen LogP contribution in [0.4, 0.5) is 0 Å². The molecule has 0 saturated carbocycles. The average molecular weight is 325 g/mol. The fraction of sp³-hybridized carbons (Fsp3) is 0.385. The summed E-state index contributed by atoms with van der Waals surface area (Å²) in [6.45, 7) is 0.0177. The summed E-state index contributed by atoms with van der Waals surface area (Å²) in [7, 11) is -4.05. The highest BCUT2D eigenvalue weighted by Crippen LogP contribution is 2.16. The maximum absolute atomic E-state index is 12.3. The van der Waals surface area contributed by atoms with Crippen molar-refractivity contribution in [3.63, 3.8) is 0 Å². The van der Waals surface area contributed by atoms with E-state index in [1.165, 1.54) is 12.1 Å². The van der Waals surface area contributed by atoms with Gasteiger partial charge in [-0.2, -0.15) is 22.7 Å². The van der Waals surface area contributed by atoms with Crippen LogP contribution in [0.25, 0.3) is 0 Å². The topological polar surface area (TPSA) is 120 Å². The number of carbonyl (C=O) groups is 1. The molecule has 1 aliphatic heterocycles. The summed E-state index contributed by atoms with van der Waals surface area (Å²) < 4.78 is 32.9. The molecule has 1 aliphatic rings. The van der Waals surface area contributed by atoms with Gasteiger partial charge in [0.1, 0.15) is 6.04 Å². The summed E-state index contributed by atoms with van der Waals surface area (Å²) in [5.41, 5.74) is 0.323. The van der Waals surface area contributed by atoms with Crippen LogP contribution >= 0.6 is 0 Å². The van der Waals surface area contributed by atoms with E-state index in [0.29, 0.717) is 5.56 Å². The van der Waals surface area contributed by atoms with Gasteiger partial charge in [-0.15, -0.1) is 0 Å². The molecule has 0 aliphatic carbocycles. The summed E-state index contributed by atoms with van der Waals surface area (Å²) in [4.78, 5) is 11.4. The molecule has 1 heterocycles. The minimum Gasteiger partial charge on any atom is -0.480 e. The molecule has 0 spiro atoms. The lowest BCUT2D eigenvalue weighted by atomic mass is 10.1. The van der Waals surface area contributed by atoms with E-state index < -0.39 is 28.3 Å². The van der Waals surface area contributed by atoms with Crippen molar-refractivity contribution in [2.75, 3.05) is 19.7 Å². The molecule has 1 fully saturated rings. The molecule has 0 aromatic heterocycles. The monoisotopic (exact) mass is 325 g/mol. The van der Waals surface area contributed by atoms with Crippen LogP contribution in [0.2, 0.25) is 0 Å². The summed E-state index contributed by atoms with van der Waals surface area (Å²) in [5, 5.41) is 18.1. The van der Waals surface area contributed by atoms with Crippen molar-refractivity contribution in [1.29, 1.82) is 5.26 Å². The van der Waals surface area contributed by atoms with E-state index in [0.717, 1.165) is 4.31 Å². The Morgan fingerprint density at radius 3 is 2.73 bits per heavy atom. The van der Waals surface area contributed by atoms with Crippen molar-refractivity contribution in [2.24, 2.45) is 0 Å². The third-order valence-electron chi connectivity index (χ3n) is 3.16. The first-order valence-electron chi connectivity index (χ1n) is 6.50. The van der Waals surface area contributed by atoms with Gasteiger partial charge in [0.05, 0.1) is 19.2 Å². The zero-order chi connectivity index (χ0) is 16.2. The molecule has 8 nitrogen and oxygen atoms in total. The van der Waals surface area contributed by atoms with Crippen LogP contribution in [0.15, 0.2) is 30.3 Å². The lowest BCUT2D eigenvalue weighted by Crippen LogP contribution is -2.51. The number of nitriles is 1.